The first-order valence-corrected chi connectivity index (χ1v) is 3.76. The van der Waals surface area contributed by atoms with Crippen LogP contribution in [0.15, 0.2) is 11.9 Å². The van der Waals surface area contributed by atoms with E-state index in [0.29, 0.717) is 0 Å². The van der Waals surface area contributed by atoms with E-state index in [9.17, 15) is 0 Å². The maximum atomic E-state index is 5.64. The lowest BCUT2D eigenvalue weighted by atomic mass is 9.97. The molecule has 4 N–H and O–H groups in total. The lowest BCUT2D eigenvalue weighted by molar-refractivity contribution is 0.255. The predicted molar refractivity (Wildman–Crippen MR) is 48.3 cm³/mol. The summed E-state index contributed by atoms with van der Waals surface area (Å²) >= 11 is 0. The molecule has 66 valence electrons. The van der Waals surface area contributed by atoms with Gasteiger partial charge in [0.15, 0.2) is 0 Å². The molecule has 0 saturated heterocycles. The van der Waals surface area contributed by atoms with Crippen molar-refractivity contribution in [2.24, 2.45) is 17.0 Å². The van der Waals surface area contributed by atoms with Gasteiger partial charge in [0, 0.05) is 18.4 Å². The molecule has 0 aromatic rings. The van der Waals surface area contributed by atoms with E-state index >= 15 is 0 Å². The number of nitrogens with zero attached hydrogens (tertiary/aromatic N) is 1. The molecule has 3 nitrogen and oxygen atoms in total. The summed E-state index contributed by atoms with van der Waals surface area (Å²) in [6, 6.07) is 0. The van der Waals surface area contributed by atoms with Crippen molar-refractivity contribution in [3.8, 4) is 0 Å². The Kier molecular flexibility index (Phi) is 3.39. The Labute approximate surface area is 69.0 Å². The van der Waals surface area contributed by atoms with Crippen LogP contribution in [0.4, 0.5) is 0 Å². The van der Waals surface area contributed by atoms with E-state index in [0.717, 1.165) is 12.2 Å². The van der Waals surface area contributed by atoms with Crippen molar-refractivity contribution in [2.45, 2.75) is 27.7 Å². The first-order chi connectivity index (χ1) is 4.81. The molecule has 11 heavy (non-hydrogen) atoms. The summed E-state index contributed by atoms with van der Waals surface area (Å²) in [7, 11) is 0. The molecular weight excluding hydrogens is 138 g/mol. The maximum absolute atomic E-state index is 5.64. The van der Waals surface area contributed by atoms with Gasteiger partial charge in [0.1, 0.15) is 0 Å². The van der Waals surface area contributed by atoms with Gasteiger partial charge in [-0.25, -0.2) is 5.84 Å². The first-order valence-electron chi connectivity index (χ1n) is 3.76. The smallest absolute Gasteiger partial charge is 0.0384 e. The molecule has 0 aromatic heterocycles. The highest BCUT2D eigenvalue weighted by molar-refractivity contribution is 4.90. The largest absolute Gasteiger partial charge is 0.401 e. The highest BCUT2D eigenvalue weighted by atomic mass is 15.4. The van der Waals surface area contributed by atoms with Crippen LogP contribution in [-0.2, 0) is 0 Å². The van der Waals surface area contributed by atoms with Gasteiger partial charge < -0.3 is 10.7 Å². The lowest BCUT2D eigenvalue weighted by Gasteiger charge is -2.24. The van der Waals surface area contributed by atoms with Crippen LogP contribution < -0.4 is 11.6 Å². The van der Waals surface area contributed by atoms with Crippen molar-refractivity contribution in [2.75, 3.05) is 6.54 Å². The maximum Gasteiger partial charge on any atom is 0.0384 e. The second-order valence-corrected chi connectivity index (χ2v) is 4.11. The average Bonchev–Trinajstić information content (AvgIpc) is 1.53. The molecule has 0 amide bonds. The fraction of sp³-hybridized carbons (Fsp3) is 0.750. The molecule has 0 atom stereocenters. The Morgan fingerprint density at radius 1 is 1.45 bits per heavy atom. The van der Waals surface area contributed by atoms with E-state index in [-0.39, 0.29) is 5.41 Å². The first kappa shape index (κ1) is 10.3. The number of nitrogens with two attached hydrogens (primary N) is 2. The molecule has 0 radical (unpaired) electrons. The molecule has 0 aliphatic rings. The van der Waals surface area contributed by atoms with Crippen molar-refractivity contribution >= 4 is 0 Å². The van der Waals surface area contributed by atoms with Gasteiger partial charge >= 0.3 is 0 Å². The lowest BCUT2D eigenvalue weighted by Crippen LogP contribution is -2.34. The Hall–Kier alpha value is -0.700. The number of hydrogen-bond acceptors (Lipinski definition) is 3. The van der Waals surface area contributed by atoms with E-state index < -0.39 is 0 Å². The van der Waals surface area contributed by atoms with E-state index in [1.807, 2.05) is 6.92 Å². The Balaban J connectivity index is 3.89. The zero-order chi connectivity index (χ0) is 9.07. The summed E-state index contributed by atoms with van der Waals surface area (Å²) < 4.78 is 0. The number of allylic oxidation sites excluding steroid dienone is 1. The van der Waals surface area contributed by atoms with Crippen molar-refractivity contribution in [3.05, 3.63) is 11.9 Å². The van der Waals surface area contributed by atoms with Crippen LogP contribution in [0.5, 0.6) is 0 Å². The highest BCUT2D eigenvalue weighted by Gasteiger charge is 2.11. The average molecular weight is 157 g/mol. The molecule has 0 bridgehead atoms. The van der Waals surface area contributed by atoms with Crippen molar-refractivity contribution < 1.29 is 0 Å². The minimum absolute atomic E-state index is 0.209. The van der Waals surface area contributed by atoms with Gasteiger partial charge in [-0.15, -0.1) is 0 Å². The normalized spacial score (nSPS) is 13.4. The number of hydrogen-bond donors (Lipinski definition) is 2. The van der Waals surface area contributed by atoms with Crippen LogP contribution in [0.1, 0.15) is 27.7 Å². The van der Waals surface area contributed by atoms with Crippen LogP contribution in [-0.4, -0.2) is 11.6 Å². The van der Waals surface area contributed by atoms with E-state index in [2.05, 4.69) is 20.8 Å². The summed E-state index contributed by atoms with van der Waals surface area (Å²) in [6.07, 6.45) is 1.74. The highest BCUT2D eigenvalue weighted by Crippen LogP contribution is 2.13. The summed E-state index contributed by atoms with van der Waals surface area (Å²) in [5.41, 5.74) is 6.39. The van der Waals surface area contributed by atoms with Gasteiger partial charge in [0.2, 0.25) is 0 Å². The fourth-order valence-electron chi connectivity index (χ4n) is 0.855. The molecule has 0 rings (SSSR count). The standard InChI is InChI=1S/C8H19N3/c1-7(9)5-11(10)6-8(2,3)4/h5H,6,9-10H2,1-4H3/b7-5-. The third-order valence-electron chi connectivity index (χ3n) is 1.03. The van der Waals surface area contributed by atoms with Crippen molar-refractivity contribution in [3.63, 3.8) is 0 Å². The van der Waals surface area contributed by atoms with Gasteiger partial charge in [0.25, 0.3) is 0 Å². The van der Waals surface area contributed by atoms with Crippen LogP contribution in [0.2, 0.25) is 0 Å². The van der Waals surface area contributed by atoms with Crippen molar-refractivity contribution in [1.29, 1.82) is 0 Å². The summed E-state index contributed by atoms with van der Waals surface area (Å²) in [5.74, 6) is 5.64. The summed E-state index contributed by atoms with van der Waals surface area (Å²) in [4.78, 5) is 0. The van der Waals surface area contributed by atoms with Crippen LogP contribution in [0, 0.1) is 5.41 Å². The summed E-state index contributed by atoms with van der Waals surface area (Å²) in [6.45, 7) is 9.02. The van der Waals surface area contributed by atoms with Crippen molar-refractivity contribution in [1.82, 2.24) is 5.01 Å². The third-order valence-corrected chi connectivity index (χ3v) is 1.03. The van der Waals surface area contributed by atoms with Gasteiger partial charge in [0.05, 0.1) is 0 Å². The second kappa shape index (κ2) is 3.62. The molecule has 0 aromatic carbocycles. The van der Waals surface area contributed by atoms with Crippen LogP contribution in [0.3, 0.4) is 0 Å². The molecule has 0 heterocycles. The van der Waals surface area contributed by atoms with E-state index in [4.69, 9.17) is 11.6 Å². The number of rotatable bonds is 2. The molecular formula is C8H19N3. The van der Waals surface area contributed by atoms with E-state index in [1.54, 1.807) is 11.2 Å². The Morgan fingerprint density at radius 2 is 1.91 bits per heavy atom. The molecule has 0 fully saturated rings. The molecule has 0 spiro atoms. The Morgan fingerprint density at radius 3 is 2.18 bits per heavy atom. The third kappa shape index (κ3) is 7.19. The topological polar surface area (TPSA) is 55.3 Å². The van der Waals surface area contributed by atoms with E-state index in [1.165, 1.54) is 0 Å². The number of hydrazine groups is 1. The molecule has 3 heteroatoms. The predicted octanol–water partition coefficient (Wildman–Crippen LogP) is 1.03. The zero-order valence-electron chi connectivity index (χ0n) is 7.89. The minimum Gasteiger partial charge on any atom is -0.401 e. The van der Waals surface area contributed by atoms with Gasteiger partial charge in [-0.05, 0) is 12.3 Å². The monoisotopic (exact) mass is 157 g/mol. The molecule has 0 aliphatic heterocycles. The van der Waals surface area contributed by atoms with Gasteiger partial charge in [-0.3, -0.25) is 0 Å². The van der Waals surface area contributed by atoms with Gasteiger partial charge in [-0.2, -0.15) is 0 Å². The Bertz CT molecular complexity index is 140. The summed E-state index contributed by atoms with van der Waals surface area (Å²) in [5, 5.41) is 1.62. The minimum atomic E-state index is 0.209. The molecule has 0 unspecified atom stereocenters. The van der Waals surface area contributed by atoms with Crippen LogP contribution >= 0.6 is 0 Å². The fourth-order valence-corrected chi connectivity index (χ4v) is 0.855. The molecule has 0 aliphatic carbocycles. The van der Waals surface area contributed by atoms with Gasteiger partial charge in [-0.1, -0.05) is 20.8 Å². The molecule has 0 saturated carbocycles. The SMILES string of the molecule is C/C(N)=C/N(N)CC(C)(C)C. The zero-order valence-corrected chi connectivity index (χ0v) is 7.89. The second-order valence-electron chi connectivity index (χ2n) is 4.11. The quantitative estimate of drug-likeness (QED) is 0.465. The van der Waals surface area contributed by atoms with Crippen LogP contribution in [0.25, 0.3) is 0 Å².